The molecule has 0 bridgehead atoms. The summed E-state index contributed by atoms with van der Waals surface area (Å²) < 4.78 is 31.7. The summed E-state index contributed by atoms with van der Waals surface area (Å²) in [7, 11) is -0.980. The largest absolute Gasteiger partial charge is 0.454 e. The SMILES string of the molecule is CNC(=O)c1cc2c(-c3sc(S(N)(=O)=O)cc3Oc3c(C)ccnc3C)cn(C)c(=O)c2[nH]1. The number of nitrogens with one attached hydrogen (secondary N) is 2. The number of aryl methyl sites for hydroxylation is 3. The Morgan fingerprint density at radius 2 is 2.03 bits per heavy atom. The van der Waals surface area contributed by atoms with Gasteiger partial charge in [0, 0.05) is 43.5 Å². The highest BCUT2D eigenvalue weighted by Crippen LogP contribution is 2.45. The Morgan fingerprint density at radius 3 is 2.67 bits per heavy atom. The number of hydrogen-bond acceptors (Lipinski definition) is 7. The molecule has 172 valence electrons. The molecule has 10 nitrogen and oxygen atoms in total. The fourth-order valence-corrected chi connectivity index (χ4v) is 5.30. The second-order valence-electron chi connectivity index (χ2n) is 7.46. The molecule has 0 unspecified atom stereocenters. The van der Waals surface area contributed by atoms with Crippen molar-refractivity contribution >= 4 is 38.2 Å². The fourth-order valence-electron chi connectivity index (χ4n) is 3.47. The van der Waals surface area contributed by atoms with E-state index >= 15 is 0 Å². The van der Waals surface area contributed by atoms with E-state index in [1.54, 1.807) is 38.5 Å². The van der Waals surface area contributed by atoms with Gasteiger partial charge in [-0.3, -0.25) is 14.6 Å². The standard InChI is InChI=1S/C21H21N5O5S2/c1-10-5-6-24-11(2)18(10)31-15-8-16(33(22,29)30)32-19(15)13-9-26(4)21(28)17-12(13)7-14(25-17)20(27)23-3/h5-9,25H,1-4H3,(H,23,27)(H2,22,29,30). The summed E-state index contributed by atoms with van der Waals surface area (Å²) in [5.41, 5.74) is 2.01. The lowest BCUT2D eigenvalue weighted by molar-refractivity contribution is 0.0959. The van der Waals surface area contributed by atoms with Crippen molar-refractivity contribution in [3.05, 3.63) is 57.9 Å². The Labute approximate surface area is 193 Å². The average molecular weight is 488 g/mol. The van der Waals surface area contributed by atoms with E-state index in [2.05, 4.69) is 15.3 Å². The Morgan fingerprint density at radius 1 is 1.30 bits per heavy atom. The normalized spacial score (nSPS) is 11.7. The molecule has 0 aliphatic heterocycles. The second-order valence-corrected chi connectivity index (χ2v) is 10.3. The van der Waals surface area contributed by atoms with Crippen LogP contribution in [0.4, 0.5) is 0 Å². The highest BCUT2D eigenvalue weighted by atomic mass is 32.2. The van der Waals surface area contributed by atoms with Gasteiger partial charge in [0.1, 0.15) is 21.2 Å². The number of amides is 1. The van der Waals surface area contributed by atoms with Crippen LogP contribution in [0.1, 0.15) is 21.7 Å². The van der Waals surface area contributed by atoms with E-state index < -0.39 is 15.9 Å². The predicted octanol–water partition coefficient (Wildman–Crippen LogP) is 2.41. The van der Waals surface area contributed by atoms with E-state index in [9.17, 15) is 18.0 Å². The van der Waals surface area contributed by atoms with Crippen molar-refractivity contribution in [2.45, 2.75) is 18.1 Å². The number of carbonyl (C=O) groups is 1. The quantitative estimate of drug-likeness (QED) is 0.393. The molecule has 0 aliphatic rings. The van der Waals surface area contributed by atoms with Crippen molar-refractivity contribution in [2.24, 2.45) is 12.2 Å². The first-order chi connectivity index (χ1) is 15.5. The lowest BCUT2D eigenvalue weighted by Gasteiger charge is -2.12. The van der Waals surface area contributed by atoms with Crippen molar-refractivity contribution in [3.8, 4) is 21.9 Å². The van der Waals surface area contributed by atoms with Crippen LogP contribution in [-0.4, -0.2) is 35.9 Å². The average Bonchev–Trinajstić information content (AvgIpc) is 3.38. The van der Waals surface area contributed by atoms with Gasteiger partial charge in [-0.1, -0.05) is 0 Å². The Kier molecular flexibility index (Phi) is 5.60. The minimum absolute atomic E-state index is 0.101. The van der Waals surface area contributed by atoms with E-state index in [1.807, 2.05) is 6.92 Å². The smallest absolute Gasteiger partial charge is 0.274 e. The topological polar surface area (TPSA) is 149 Å². The summed E-state index contributed by atoms with van der Waals surface area (Å²) >= 11 is 0.915. The van der Waals surface area contributed by atoms with Crippen molar-refractivity contribution < 1.29 is 17.9 Å². The first kappa shape index (κ1) is 22.7. The maximum absolute atomic E-state index is 12.7. The number of H-pyrrole nitrogens is 1. The molecule has 4 aromatic rings. The van der Waals surface area contributed by atoms with E-state index in [4.69, 9.17) is 9.88 Å². The molecule has 0 saturated carbocycles. The number of pyridine rings is 2. The van der Waals surface area contributed by atoms with Crippen molar-refractivity contribution in [1.29, 1.82) is 0 Å². The predicted molar refractivity (Wildman–Crippen MR) is 125 cm³/mol. The van der Waals surface area contributed by atoms with Crippen LogP contribution in [0.25, 0.3) is 21.3 Å². The second kappa shape index (κ2) is 8.14. The number of thiophene rings is 1. The van der Waals surface area contributed by atoms with E-state index in [0.29, 0.717) is 27.3 Å². The number of ether oxygens (including phenoxy) is 1. The van der Waals surface area contributed by atoms with Crippen LogP contribution >= 0.6 is 11.3 Å². The fraction of sp³-hybridized carbons (Fsp3) is 0.190. The van der Waals surface area contributed by atoms with Crippen LogP contribution in [0, 0.1) is 13.8 Å². The van der Waals surface area contributed by atoms with Gasteiger partial charge >= 0.3 is 0 Å². The van der Waals surface area contributed by atoms with Crippen LogP contribution in [0.3, 0.4) is 0 Å². The number of rotatable bonds is 5. The van der Waals surface area contributed by atoms with Gasteiger partial charge in [0.2, 0.25) is 10.0 Å². The van der Waals surface area contributed by atoms with Gasteiger partial charge in [-0.15, -0.1) is 11.3 Å². The number of sulfonamides is 1. The van der Waals surface area contributed by atoms with Crippen LogP contribution < -0.4 is 20.8 Å². The van der Waals surface area contributed by atoms with Gasteiger partial charge in [-0.05, 0) is 31.5 Å². The molecule has 4 aromatic heterocycles. The molecule has 4 rings (SSSR count). The number of carbonyl (C=O) groups excluding carboxylic acids is 1. The number of hydrogen-bond donors (Lipinski definition) is 3. The number of nitrogens with zero attached hydrogens (tertiary/aromatic N) is 2. The highest BCUT2D eigenvalue weighted by molar-refractivity contribution is 7.91. The van der Waals surface area contributed by atoms with Gasteiger partial charge < -0.3 is 19.6 Å². The minimum Gasteiger partial charge on any atom is -0.454 e. The molecule has 0 aromatic carbocycles. The van der Waals surface area contributed by atoms with Crippen LogP contribution in [0.15, 0.2) is 39.6 Å². The van der Waals surface area contributed by atoms with Gasteiger partial charge in [0.15, 0.2) is 5.75 Å². The molecule has 0 radical (unpaired) electrons. The molecular formula is C21H21N5O5S2. The summed E-state index contributed by atoms with van der Waals surface area (Å²) in [5, 5.41) is 8.36. The van der Waals surface area contributed by atoms with E-state index in [1.165, 1.54) is 17.7 Å². The maximum atomic E-state index is 12.7. The molecule has 4 N–H and O–H groups in total. The third-order valence-corrected chi connectivity index (χ3v) is 7.70. The van der Waals surface area contributed by atoms with Crippen LogP contribution in [0.5, 0.6) is 11.5 Å². The Balaban J connectivity index is 2.02. The zero-order valence-electron chi connectivity index (χ0n) is 18.2. The lowest BCUT2D eigenvalue weighted by Crippen LogP contribution is -2.19. The van der Waals surface area contributed by atoms with Crippen LogP contribution in [0.2, 0.25) is 0 Å². The number of aromatic nitrogens is 3. The number of aromatic amines is 1. The van der Waals surface area contributed by atoms with Gasteiger partial charge in [-0.25, -0.2) is 13.6 Å². The zero-order valence-corrected chi connectivity index (χ0v) is 19.8. The summed E-state index contributed by atoms with van der Waals surface area (Å²) in [6.07, 6.45) is 3.22. The first-order valence-electron chi connectivity index (χ1n) is 9.72. The number of nitrogens with two attached hydrogens (primary N) is 1. The summed E-state index contributed by atoms with van der Waals surface area (Å²) in [6.45, 7) is 3.63. The summed E-state index contributed by atoms with van der Waals surface area (Å²) in [5.74, 6) is 0.332. The van der Waals surface area contributed by atoms with Gasteiger partial charge in [0.05, 0.1) is 10.6 Å². The van der Waals surface area contributed by atoms with Crippen LogP contribution in [-0.2, 0) is 17.1 Å². The molecule has 33 heavy (non-hydrogen) atoms. The van der Waals surface area contributed by atoms with E-state index in [0.717, 1.165) is 16.9 Å². The highest BCUT2D eigenvalue weighted by Gasteiger charge is 2.24. The third-order valence-electron chi connectivity index (χ3n) is 5.13. The molecule has 0 saturated heterocycles. The first-order valence-corrected chi connectivity index (χ1v) is 12.1. The van der Waals surface area contributed by atoms with Gasteiger partial charge in [0.25, 0.3) is 11.5 Å². The molecule has 0 aliphatic carbocycles. The van der Waals surface area contributed by atoms with Gasteiger partial charge in [-0.2, -0.15) is 0 Å². The maximum Gasteiger partial charge on any atom is 0.274 e. The van der Waals surface area contributed by atoms with Crippen molar-refractivity contribution in [1.82, 2.24) is 19.9 Å². The molecule has 12 heteroatoms. The molecular weight excluding hydrogens is 466 g/mol. The number of primary sulfonamides is 1. The molecule has 0 fully saturated rings. The molecule has 4 heterocycles. The minimum atomic E-state index is -4.03. The van der Waals surface area contributed by atoms with E-state index in [-0.39, 0.29) is 26.7 Å². The molecule has 0 spiro atoms. The zero-order chi connectivity index (χ0) is 24.1. The third kappa shape index (κ3) is 4.03. The monoisotopic (exact) mass is 487 g/mol. The van der Waals surface area contributed by atoms with Crippen molar-refractivity contribution in [3.63, 3.8) is 0 Å². The van der Waals surface area contributed by atoms with Crippen molar-refractivity contribution in [2.75, 3.05) is 7.05 Å². The summed E-state index contributed by atoms with van der Waals surface area (Å²) in [4.78, 5) is 32.4. The lowest BCUT2D eigenvalue weighted by atomic mass is 10.1. The molecule has 1 amide bonds. The number of fused-ring (bicyclic) bond motifs is 1. The molecule has 0 atom stereocenters. The Hall–Kier alpha value is -3.48. The Bertz CT molecular complexity index is 1560. The summed E-state index contributed by atoms with van der Waals surface area (Å²) in [6, 6.07) is 4.68.